The first-order valence-corrected chi connectivity index (χ1v) is 14.6. The minimum Gasteiger partial charge on any atom is -0.489 e. The van der Waals surface area contributed by atoms with Crippen LogP contribution >= 0.6 is 11.9 Å². The Bertz CT molecular complexity index is 1250. The number of anilines is 1. The third-order valence-corrected chi connectivity index (χ3v) is 6.94. The fourth-order valence-corrected chi connectivity index (χ4v) is 4.35. The zero-order valence-corrected chi connectivity index (χ0v) is 25.3. The van der Waals surface area contributed by atoms with E-state index in [0.717, 1.165) is 42.0 Å². The van der Waals surface area contributed by atoms with Gasteiger partial charge in [-0.05, 0) is 120 Å². The van der Waals surface area contributed by atoms with Crippen molar-refractivity contribution in [2.24, 2.45) is 5.41 Å². The SMILES string of the molecule is CC(C)(C)OC(=O)C(C)(C)CNCCCCc1ccc(OCc2ccc(SNc3ccc(C(=O)O)cn3)cc2)cc1. The number of nitrogens with zero attached hydrogens (tertiary/aromatic N) is 1. The molecule has 41 heavy (non-hydrogen) atoms. The molecular formula is C32H41N3O5S. The average molecular weight is 580 g/mol. The van der Waals surface area contributed by atoms with Gasteiger partial charge in [0.05, 0.1) is 11.0 Å². The summed E-state index contributed by atoms with van der Waals surface area (Å²) in [6.45, 7) is 11.4. The van der Waals surface area contributed by atoms with E-state index in [2.05, 4.69) is 27.2 Å². The molecule has 9 heteroatoms. The van der Waals surface area contributed by atoms with Gasteiger partial charge in [-0.3, -0.25) is 4.79 Å². The molecule has 0 aliphatic carbocycles. The van der Waals surface area contributed by atoms with E-state index < -0.39 is 17.0 Å². The summed E-state index contributed by atoms with van der Waals surface area (Å²) in [6, 6.07) is 19.4. The van der Waals surface area contributed by atoms with Gasteiger partial charge >= 0.3 is 11.9 Å². The highest BCUT2D eigenvalue weighted by atomic mass is 32.2. The lowest BCUT2D eigenvalue weighted by molar-refractivity contribution is -0.165. The normalized spacial score (nSPS) is 11.6. The maximum atomic E-state index is 12.4. The molecule has 8 nitrogen and oxygen atoms in total. The largest absolute Gasteiger partial charge is 0.489 e. The fourth-order valence-electron chi connectivity index (χ4n) is 3.73. The van der Waals surface area contributed by atoms with Crippen molar-refractivity contribution >= 4 is 29.7 Å². The summed E-state index contributed by atoms with van der Waals surface area (Å²) < 4.78 is 14.6. The van der Waals surface area contributed by atoms with Crippen LogP contribution in [0.15, 0.2) is 71.8 Å². The second-order valence-corrected chi connectivity index (χ2v) is 12.4. The molecule has 0 bridgehead atoms. The van der Waals surface area contributed by atoms with E-state index in [1.54, 1.807) is 6.07 Å². The van der Waals surface area contributed by atoms with Gasteiger partial charge in [0.25, 0.3) is 0 Å². The van der Waals surface area contributed by atoms with Gasteiger partial charge in [-0.2, -0.15) is 0 Å². The molecule has 0 fully saturated rings. The number of pyridine rings is 1. The number of esters is 1. The lowest BCUT2D eigenvalue weighted by Gasteiger charge is -2.28. The molecule has 1 heterocycles. The van der Waals surface area contributed by atoms with Crippen LogP contribution in [0.2, 0.25) is 0 Å². The van der Waals surface area contributed by atoms with Gasteiger partial charge in [-0.15, -0.1) is 0 Å². The van der Waals surface area contributed by atoms with Crippen LogP contribution in [0.4, 0.5) is 5.82 Å². The molecule has 3 rings (SSSR count). The third-order valence-electron chi connectivity index (χ3n) is 6.12. The number of benzene rings is 2. The maximum Gasteiger partial charge on any atom is 0.337 e. The Morgan fingerprint density at radius 1 is 0.902 bits per heavy atom. The standard InChI is InChI=1S/C32H41N3O5S/c1-31(2,3)40-30(38)32(4,5)22-33-19-7-6-8-23-9-14-26(15-10-23)39-21-24-11-16-27(17-12-24)41-35-28-18-13-25(20-34-28)29(36)37/h9-18,20,33H,6-8,19,21-22H2,1-5H3,(H,34,35)(H,36,37). The number of carbonyl (C=O) groups excluding carboxylic acids is 1. The molecule has 0 amide bonds. The van der Waals surface area contributed by atoms with Gasteiger partial charge in [-0.1, -0.05) is 24.3 Å². The molecule has 220 valence electrons. The number of hydrogen-bond acceptors (Lipinski definition) is 8. The van der Waals surface area contributed by atoms with Crippen molar-refractivity contribution in [3.63, 3.8) is 0 Å². The van der Waals surface area contributed by atoms with Crippen LogP contribution in [-0.2, 0) is 22.6 Å². The first kappa shape index (κ1) is 32.0. The number of carbonyl (C=O) groups is 2. The third kappa shape index (κ3) is 11.4. The molecule has 0 saturated carbocycles. The Morgan fingerprint density at radius 2 is 1.59 bits per heavy atom. The summed E-state index contributed by atoms with van der Waals surface area (Å²) in [6.07, 6.45) is 4.40. The first-order chi connectivity index (χ1) is 19.4. The number of nitrogens with one attached hydrogen (secondary N) is 2. The number of carboxylic acid groups (broad SMARTS) is 1. The topological polar surface area (TPSA) is 110 Å². The van der Waals surface area contributed by atoms with Crippen LogP contribution in [0.5, 0.6) is 5.75 Å². The van der Waals surface area contributed by atoms with E-state index in [-0.39, 0.29) is 11.5 Å². The zero-order chi connectivity index (χ0) is 29.9. The number of ether oxygens (including phenoxy) is 2. The van der Waals surface area contributed by atoms with Crippen molar-refractivity contribution in [2.75, 3.05) is 17.8 Å². The molecule has 0 radical (unpaired) electrons. The van der Waals surface area contributed by atoms with Crippen LogP contribution < -0.4 is 14.8 Å². The summed E-state index contributed by atoms with van der Waals surface area (Å²) in [5, 5.41) is 12.4. The number of rotatable bonds is 15. The number of carboxylic acids is 1. The Kier molecular flexibility index (Phi) is 11.6. The summed E-state index contributed by atoms with van der Waals surface area (Å²) in [7, 11) is 0. The van der Waals surface area contributed by atoms with Crippen molar-refractivity contribution in [3.8, 4) is 5.75 Å². The van der Waals surface area contributed by atoms with Crippen molar-refractivity contribution in [1.29, 1.82) is 0 Å². The van der Waals surface area contributed by atoms with Crippen LogP contribution in [0, 0.1) is 5.41 Å². The summed E-state index contributed by atoms with van der Waals surface area (Å²) in [4.78, 5) is 28.4. The van der Waals surface area contributed by atoms with Gasteiger partial charge < -0.3 is 24.6 Å². The summed E-state index contributed by atoms with van der Waals surface area (Å²) in [5.41, 5.74) is 1.45. The Balaban J connectivity index is 1.32. The Hall–Kier alpha value is -3.56. The number of hydrogen-bond donors (Lipinski definition) is 3. The van der Waals surface area contributed by atoms with Gasteiger partial charge in [0.2, 0.25) is 0 Å². The van der Waals surface area contributed by atoms with Crippen LogP contribution in [0.1, 0.15) is 68.9 Å². The Labute approximate surface area is 247 Å². The van der Waals surface area contributed by atoms with Crippen molar-refractivity contribution in [3.05, 3.63) is 83.6 Å². The lowest BCUT2D eigenvalue weighted by Crippen LogP contribution is -2.40. The number of unbranched alkanes of at least 4 members (excludes halogenated alkanes) is 1. The molecule has 2 aromatic carbocycles. The monoisotopic (exact) mass is 579 g/mol. The fraction of sp³-hybridized carbons (Fsp3) is 0.406. The highest BCUT2D eigenvalue weighted by Gasteiger charge is 2.32. The molecule has 0 aliphatic rings. The van der Waals surface area contributed by atoms with Crippen LogP contribution in [0.25, 0.3) is 0 Å². The molecule has 0 saturated heterocycles. The molecule has 3 N–H and O–H groups in total. The molecule has 0 atom stereocenters. The van der Waals surface area contributed by atoms with E-state index in [0.29, 0.717) is 19.0 Å². The number of aromatic nitrogens is 1. The maximum absolute atomic E-state index is 12.4. The quantitative estimate of drug-likeness (QED) is 0.102. The minimum atomic E-state index is -0.996. The molecular weight excluding hydrogens is 538 g/mol. The molecule has 1 aromatic heterocycles. The zero-order valence-electron chi connectivity index (χ0n) is 24.5. The second-order valence-electron chi connectivity index (χ2n) is 11.5. The van der Waals surface area contributed by atoms with E-state index in [9.17, 15) is 9.59 Å². The van der Waals surface area contributed by atoms with Crippen LogP contribution in [-0.4, -0.2) is 40.7 Å². The van der Waals surface area contributed by atoms with Gasteiger partial charge in [0.15, 0.2) is 0 Å². The number of aryl methyl sites for hydroxylation is 1. The summed E-state index contributed by atoms with van der Waals surface area (Å²) in [5.74, 6) is 0.247. The highest BCUT2D eigenvalue weighted by molar-refractivity contribution is 8.00. The molecule has 0 spiro atoms. The first-order valence-electron chi connectivity index (χ1n) is 13.8. The van der Waals surface area contributed by atoms with E-state index in [4.69, 9.17) is 14.6 Å². The van der Waals surface area contributed by atoms with E-state index >= 15 is 0 Å². The Morgan fingerprint density at radius 3 is 2.20 bits per heavy atom. The number of aromatic carboxylic acids is 1. The average Bonchev–Trinajstić information content (AvgIpc) is 2.93. The van der Waals surface area contributed by atoms with Crippen LogP contribution in [0.3, 0.4) is 0 Å². The molecule has 3 aromatic rings. The smallest absolute Gasteiger partial charge is 0.337 e. The highest BCUT2D eigenvalue weighted by Crippen LogP contribution is 2.22. The predicted molar refractivity (Wildman–Crippen MR) is 163 cm³/mol. The predicted octanol–water partition coefficient (Wildman–Crippen LogP) is 6.76. The van der Waals surface area contributed by atoms with Crippen molar-refractivity contribution in [2.45, 2.75) is 71.0 Å². The minimum absolute atomic E-state index is 0.154. The molecule has 0 aliphatic heterocycles. The van der Waals surface area contributed by atoms with E-state index in [1.165, 1.54) is 29.8 Å². The lowest BCUT2D eigenvalue weighted by atomic mass is 9.93. The molecule has 0 unspecified atom stereocenters. The van der Waals surface area contributed by atoms with E-state index in [1.807, 2.05) is 71.0 Å². The van der Waals surface area contributed by atoms with Gasteiger partial charge in [0, 0.05) is 17.6 Å². The summed E-state index contributed by atoms with van der Waals surface area (Å²) >= 11 is 1.40. The second kappa shape index (κ2) is 14.9. The van der Waals surface area contributed by atoms with Crippen molar-refractivity contribution in [1.82, 2.24) is 10.3 Å². The van der Waals surface area contributed by atoms with Gasteiger partial charge in [0.1, 0.15) is 23.8 Å². The van der Waals surface area contributed by atoms with Crippen molar-refractivity contribution < 1.29 is 24.2 Å². The van der Waals surface area contributed by atoms with Gasteiger partial charge in [-0.25, -0.2) is 9.78 Å².